The Morgan fingerprint density at radius 1 is 1.09 bits per heavy atom. The van der Waals surface area contributed by atoms with Crippen molar-refractivity contribution < 1.29 is 9.59 Å². The monoisotopic (exact) mass is 329 g/mol. The van der Waals surface area contributed by atoms with Crippen LogP contribution in [0.5, 0.6) is 0 Å². The molecule has 23 heavy (non-hydrogen) atoms. The minimum absolute atomic E-state index is 0.0303. The number of benzene rings is 2. The molecule has 5 nitrogen and oxygen atoms in total. The molecule has 0 unspecified atom stereocenters. The zero-order valence-electron chi connectivity index (χ0n) is 12.6. The van der Waals surface area contributed by atoms with Crippen LogP contribution in [0.2, 0.25) is 0 Å². The zero-order chi connectivity index (χ0) is 16.7. The summed E-state index contributed by atoms with van der Waals surface area (Å²) >= 11 is 1.43. The Kier molecular flexibility index (Phi) is 6.19. The van der Waals surface area contributed by atoms with Gasteiger partial charge in [-0.05, 0) is 24.3 Å². The highest BCUT2D eigenvalue weighted by Crippen LogP contribution is 2.34. The SMILES string of the molecule is NCCN(CC=O)C(=O)c1ccccc1Sc1ccccc1N. The summed E-state index contributed by atoms with van der Waals surface area (Å²) in [6, 6.07) is 14.8. The van der Waals surface area contributed by atoms with Gasteiger partial charge in [-0.2, -0.15) is 0 Å². The predicted octanol–water partition coefficient (Wildman–Crippen LogP) is 2.02. The second-order valence-corrected chi connectivity index (χ2v) is 5.93. The van der Waals surface area contributed by atoms with E-state index in [-0.39, 0.29) is 12.5 Å². The molecule has 0 atom stereocenters. The van der Waals surface area contributed by atoms with Gasteiger partial charge in [0, 0.05) is 28.6 Å². The number of rotatable bonds is 7. The molecule has 0 aliphatic rings. The van der Waals surface area contributed by atoms with Crippen LogP contribution >= 0.6 is 11.8 Å². The molecule has 120 valence electrons. The summed E-state index contributed by atoms with van der Waals surface area (Å²) in [5.74, 6) is -0.208. The highest BCUT2D eigenvalue weighted by molar-refractivity contribution is 7.99. The maximum absolute atomic E-state index is 12.7. The lowest BCUT2D eigenvalue weighted by molar-refractivity contribution is -0.108. The number of nitrogen functional groups attached to an aromatic ring is 1. The van der Waals surface area contributed by atoms with E-state index in [1.54, 1.807) is 12.1 Å². The van der Waals surface area contributed by atoms with E-state index >= 15 is 0 Å². The minimum Gasteiger partial charge on any atom is -0.398 e. The molecule has 0 heterocycles. The molecule has 2 aromatic rings. The summed E-state index contributed by atoms with van der Waals surface area (Å²) in [7, 11) is 0. The van der Waals surface area contributed by atoms with Crippen molar-refractivity contribution in [2.24, 2.45) is 5.73 Å². The molecule has 4 N–H and O–H groups in total. The Balaban J connectivity index is 2.31. The summed E-state index contributed by atoms with van der Waals surface area (Å²) in [5.41, 5.74) is 12.7. The predicted molar refractivity (Wildman–Crippen MR) is 92.4 cm³/mol. The number of para-hydroxylation sites is 1. The Hall–Kier alpha value is -2.31. The van der Waals surface area contributed by atoms with Crippen LogP contribution in [-0.2, 0) is 4.79 Å². The molecule has 6 heteroatoms. The largest absolute Gasteiger partial charge is 0.398 e. The minimum atomic E-state index is -0.208. The van der Waals surface area contributed by atoms with Crippen LogP contribution in [0.25, 0.3) is 0 Å². The number of anilines is 1. The van der Waals surface area contributed by atoms with Gasteiger partial charge in [-0.1, -0.05) is 36.0 Å². The molecule has 0 aliphatic heterocycles. The van der Waals surface area contributed by atoms with Gasteiger partial charge in [0.2, 0.25) is 0 Å². The third-order valence-electron chi connectivity index (χ3n) is 3.24. The van der Waals surface area contributed by atoms with E-state index in [2.05, 4.69) is 0 Å². The van der Waals surface area contributed by atoms with Crippen LogP contribution in [0, 0.1) is 0 Å². The number of carbonyl (C=O) groups excluding carboxylic acids is 2. The lowest BCUT2D eigenvalue weighted by atomic mass is 10.2. The van der Waals surface area contributed by atoms with E-state index in [0.717, 1.165) is 9.79 Å². The first-order valence-corrected chi connectivity index (χ1v) is 8.03. The second kappa shape index (κ2) is 8.36. The Bertz CT molecular complexity index is 691. The van der Waals surface area contributed by atoms with E-state index in [4.69, 9.17) is 11.5 Å². The van der Waals surface area contributed by atoms with Gasteiger partial charge >= 0.3 is 0 Å². The summed E-state index contributed by atoms with van der Waals surface area (Å²) in [6.07, 6.45) is 0.707. The number of hydrogen-bond acceptors (Lipinski definition) is 5. The fourth-order valence-electron chi connectivity index (χ4n) is 2.12. The second-order valence-electron chi connectivity index (χ2n) is 4.84. The first kappa shape index (κ1) is 17.1. The summed E-state index contributed by atoms with van der Waals surface area (Å²) in [5, 5.41) is 0. The maximum Gasteiger partial charge on any atom is 0.255 e. The molecule has 0 aliphatic carbocycles. The van der Waals surface area contributed by atoms with Crippen molar-refractivity contribution in [1.29, 1.82) is 0 Å². The van der Waals surface area contributed by atoms with Gasteiger partial charge in [0.05, 0.1) is 12.1 Å². The van der Waals surface area contributed by atoms with Crippen LogP contribution in [0.3, 0.4) is 0 Å². The molecule has 0 fully saturated rings. The van der Waals surface area contributed by atoms with Crippen molar-refractivity contribution >= 4 is 29.6 Å². The summed E-state index contributed by atoms with van der Waals surface area (Å²) in [6.45, 7) is 0.674. The molecule has 0 aromatic heterocycles. The van der Waals surface area contributed by atoms with Gasteiger partial charge in [0.1, 0.15) is 6.29 Å². The van der Waals surface area contributed by atoms with E-state index in [1.165, 1.54) is 16.7 Å². The molecule has 1 amide bonds. The third kappa shape index (κ3) is 4.34. The van der Waals surface area contributed by atoms with Crippen LogP contribution in [0.15, 0.2) is 58.3 Å². The molecule has 0 bridgehead atoms. The molecular formula is C17H19N3O2S. The van der Waals surface area contributed by atoms with E-state index in [0.29, 0.717) is 30.6 Å². The van der Waals surface area contributed by atoms with E-state index < -0.39 is 0 Å². The topological polar surface area (TPSA) is 89.4 Å². The Morgan fingerprint density at radius 2 is 1.74 bits per heavy atom. The van der Waals surface area contributed by atoms with Crippen molar-refractivity contribution in [1.82, 2.24) is 4.90 Å². The van der Waals surface area contributed by atoms with E-state index in [1.807, 2.05) is 36.4 Å². The number of aldehydes is 1. The van der Waals surface area contributed by atoms with Crippen molar-refractivity contribution in [2.45, 2.75) is 9.79 Å². The normalized spacial score (nSPS) is 10.3. The zero-order valence-corrected chi connectivity index (χ0v) is 13.5. The van der Waals surface area contributed by atoms with Gasteiger partial charge in [0.15, 0.2) is 0 Å². The Morgan fingerprint density at radius 3 is 2.39 bits per heavy atom. The van der Waals surface area contributed by atoms with Gasteiger partial charge < -0.3 is 21.2 Å². The van der Waals surface area contributed by atoms with Gasteiger partial charge in [-0.25, -0.2) is 0 Å². The molecule has 0 saturated heterocycles. The number of carbonyl (C=O) groups is 2. The number of nitrogens with two attached hydrogens (primary N) is 2. The molecule has 2 rings (SSSR count). The number of nitrogens with zero attached hydrogens (tertiary/aromatic N) is 1. The lowest BCUT2D eigenvalue weighted by Gasteiger charge is -2.20. The Labute approximate surface area is 139 Å². The van der Waals surface area contributed by atoms with Crippen LogP contribution < -0.4 is 11.5 Å². The number of amides is 1. The van der Waals surface area contributed by atoms with Crippen LogP contribution in [0.4, 0.5) is 5.69 Å². The van der Waals surface area contributed by atoms with Crippen LogP contribution in [0.1, 0.15) is 10.4 Å². The number of hydrogen-bond donors (Lipinski definition) is 2. The van der Waals surface area contributed by atoms with Gasteiger partial charge in [0.25, 0.3) is 5.91 Å². The molecule has 2 aromatic carbocycles. The van der Waals surface area contributed by atoms with Crippen LogP contribution in [-0.4, -0.2) is 36.7 Å². The van der Waals surface area contributed by atoms with Gasteiger partial charge in [-0.3, -0.25) is 4.79 Å². The molecule has 0 radical (unpaired) electrons. The van der Waals surface area contributed by atoms with Gasteiger partial charge in [-0.15, -0.1) is 0 Å². The van der Waals surface area contributed by atoms with Crippen molar-refractivity contribution in [3.05, 3.63) is 54.1 Å². The fraction of sp³-hybridized carbons (Fsp3) is 0.176. The van der Waals surface area contributed by atoms with Crippen molar-refractivity contribution in [2.75, 3.05) is 25.4 Å². The summed E-state index contributed by atoms with van der Waals surface area (Å²) in [4.78, 5) is 26.6. The lowest BCUT2D eigenvalue weighted by Crippen LogP contribution is -2.36. The fourth-order valence-corrected chi connectivity index (χ4v) is 3.10. The average molecular weight is 329 g/mol. The van der Waals surface area contributed by atoms with Crippen molar-refractivity contribution in [3.63, 3.8) is 0 Å². The average Bonchev–Trinajstić information content (AvgIpc) is 2.57. The molecular weight excluding hydrogens is 310 g/mol. The van der Waals surface area contributed by atoms with Crippen molar-refractivity contribution in [3.8, 4) is 0 Å². The molecule has 0 saturated carbocycles. The smallest absolute Gasteiger partial charge is 0.255 e. The maximum atomic E-state index is 12.7. The highest BCUT2D eigenvalue weighted by Gasteiger charge is 2.18. The van der Waals surface area contributed by atoms with E-state index in [9.17, 15) is 9.59 Å². The third-order valence-corrected chi connectivity index (χ3v) is 4.41. The first-order valence-electron chi connectivity index (χ1n) is 7.21. The quantitative estimate of drug-likeness (QED) is 0.599. The summed E-state index contributed by atoms with van der Waals surface area (Å²) < 4.78 is 0. The molecule has 0 spiro atoms. The first-order chi connectivity index (χ1) is 11.2. The highest BCUT2D eigenvalue weighted by atomic mass is 32.2. The standard InChI is InChI=1S/C17H19N3O2S/c18-9-10-20(11-12-21)17(22)13-5-1-3-7-15(13)23-16-8-4-2-6-14(16)19/h1-8,12H,9-11,18-19H2.